The molecule has 0 unspecified atom stereocenters. The number of hydrogen-bond donors (Lipinski definition) is 1. The van der Waals surface area contributed by atoms with E-state index in [-0.39, 0.29) is 9.77 Å². The third-order valence-electron chi connectivity index (χ3n) is 4.53. The molecule has 0 aliphatic carbocycles. The molecule has 0 spiro atoms. The Morgan fingerprint density at radius 1 is 1.19 bits per heavy atom. The number of rotatable bonds is 6. The lowest BCUT2D eigenvalue weighted by molar-refractivity contribution is 0.439. The molecule has 0 amide bonds. The molecular weight excluding hydrogens is 404 g/mol. The van der Waals surface area contributed by atoms with E-state index in [0.717, 1.165) is 16.9 Å². The Kier molecular flexibility index (Phi) is 5.49. The van der Waals surface area contributed by atoms with Gasteiger partial charge in [-0.3, -0.25) is 9.36 Å². The molecule has 8 heteroatoms. The average molecular weight is 425 g/mol. The number of nitrogens with zero attached hydrogens (tertiary/aromatic N) is 1. The van der Waals surface area contributed by atoms with Crippen LogP contribution in [0.3, 0.4) is 0 Å². The van der Waals surface area contributed by atoms with E-state index in [9.17, 15) is 13.2 Å². The maximum Gasteiger partial charge on any atom is 0.308 e. The zero-order chi connectivity index (χ0) is 19.8. The van der Waals surface area contributed by atoms with Gasteiger partial charge in [0.2, 0.25) is 10.0 Å². The molecule has 0 bridgehead atoms. The fraction of sp³-hybridized carbons (Fsp3) is 0.316. The number of halogens is 1. The van der Waals surface area contributed by atoms with E-state index in [0.29, 0.717) is 28.2 Å². The van der Waals surface area contributed by atoms with Gasteiger partial charge >= 0.3 is 4.87 Å². The Hall–Kier alpha value is -1.67. The van der Waals surface area contributed by atoms with Crippen LogP contribution in [-0.2, 0) is 16.6 Å². The van der Waals surface area contributed by atoms with E-state index in [1.807, 2.05) is 39.0 Å². The maximum absolute atomic E-state index is 12.7. The van der Waals surface area contributed by atoms with Crippen LogP contribution < -0.4 is 9.60 Å². The number of benzene rings is 2. The first-order valence-corrected chi connectivity index (χ1v) is 11.2. The molecule has 0 aliphatic heterocycles. The predicted octanol–water partition coefficient (Wildman–Crippen LogP) is 4.23. The second kappa shape index (κ2) is 7.39. The lowest BCUT2D eigenvalue weighted by Gasteiger charge is -2.24. The SMILES string of the molecule is CCC(C)(C)NS(=O)(=O)c1ccc2c(c1)sc(=O)n2Cc1ccccc1Cl. The third kappa shape index (κ3) is 4.27. The molecule has 144 valence electrons. The van der Waals surface area contributed by atoms with Crippen LogP contribution in [0.2, 0.25) is 5.02 Å². The quantitative estimate of drug-likeness (QED) is 0.643. The number of thiazole rings is 1. The molecule has 27 heavy (non-hydrogen) atoms. The molecule has 0 atom stereocenters. The van der Waals surface area contributed by atoms with E-state index in [2.05, 4.69) is 4.72 Å². The zero-order valence-corrected chi connectivity index (χ0v) is 17.7. The highest BCUT2D eigenvalue weighted by Gasteiger charge is 2.25. The molecule has 0 radical (unpaired) electrons. The van der Waals surface area contributed by atoms with Crippen LogP contribution in [0.1, 0.15) is 32.8 Å². The first-order valence-electron chi connectivity index (χ1n) is 8.54. The number of sulfonamides is 1. The summed E-state index contributed by atoms with van der Waals surface area (Å²) < 4.78 is 30.3. The smallest absolute Gasteiger partial charge is 0.294 e. The highest BCUT2D eigenvalue weighted by molar-refractivity contribution is 7.89. The van der Waals surface area contributed by atoms with Crippen molar-refractivity contribution in [1.29, 1.82) is 0 Å². The monoisotopic (exact) mass is 424 g/mol. The van der Waals surface area contributed by atoms with Crippen LogP contribution in [0.25, 0.3) is 10.2 Å². The highest BCUT2D eigenvalue weighted by Crippen LogP contribution is 2.25. The van der Waals surface area contributed by atoms with Gasteiger partial charge in [0.1, 0.15) is 0 Å². The van der Waals surface area contributed by atoms with E-state index in [4.69, 9.17) is 11.6 Å². The molecule has 0 fully saturated rings. The highest BCUT2D eigenvalue weighted by atomic mass is 35.5. The van der Waals surface area contributed by atoms with Crippen molar-refractivity contribution in [3.05, 3.63) is 62.7 Å². The topological polar surface area (TPSA) is 68.2 Å². The molecule has 0 saturated carbocycles. The second-order valence-corrected chi connectivity index (χ2v) is 10.1. The molecule has 2 aromatic carbocycles. The number of hydrogen-bond acceptors (Lipinski definition) is 4. The van der Waals surface area contributed by atoms with E-state index < -0.39 is 15.6 Å². The summed E-state index contributed by atoms with van der Waals surface area (Å²) >= 11 is 7.24. The molecule has 0 saturated heterocycles. The Morgan fingerprint density at radius 2 is 1.89 bits per heavy atom. The molecule has 3 rings (SSSR count). The summed E-state index contributed by atoms with van der Waals surface area (Å²) in [4.78, 5) is 12.5. The maximum atomic E-state index is 12.7. The second-order valence-electron chi connectivity index (χ2n) is 7.02. The third-order valence-corrected chi connectivity index (χ3v) is 7.54. The van der Waals surface area contributed by atoms with Crippen molar-refractivity contribution in [2.75, 3.05) is 0 Å². The lowest BCUT2D eigenvalue weighted by atomic mass is 10.0. The van der Waals surface area contributed by atoms with Crippen LogP contribution in [-0.4, -0.2) is 18.5 Å². The van der Waals surface area contributed by atoms with E-state index in [1.54, 1.807) is 22.8 Å². The Morgan fingerprint density at radius 3 is 2.56 bits per heavy atom. The van der Waals surface area contributed by atoms with E-state index in [1.165, 1.54) is 6.07 Å². The Bertz CT molecular complexity index is 1150. The van der Waals surface area contributed by atoms with Crippen molar-refractivity contribution >= 4 is 43.2 Å². The number of nitrogens with one attached hydrogen (secondary N) is 1. The van der Waals surface area contributed by atoms with Gasteiger partial charge in [-0.05, 0) is 50.1 Å². The summed E-state index contributed by atoms with van der Waals surface area (Å²) in [5.74, 6) is 0. The van der Waals surface area contributed by atoms with Gasteiger partial charge in [-0.2, -0.15) is 0 Å². The van der Waals surface area contributed by atoms with Gasteiger partial charge in [-0.15, -0.1) is 0 Å². The summed E-state index contributed by atoms with van der Waals surface area (Å²) in [7, 11) is -3.67. The average Bonchev–Trinajstić information content (AvgIpc) is 2.91. The van der Waals surface area contributed by atoms with Crippen LogP contribution in [0.5, 0.6) is 0 Å². The first kappa shape index (κ1) is 20.1. The summed E-state index contributed by atoms with van der Waals surface area (Å²) in [5.41, 5.74) is 0.985. The van der Waals surface area contributed by atoms with Crippen LogP contribution in [0, 0.1) is 0 Å². The van der Waals surface area contributed by atoms with Crippen molar-refractivity contribution in [3.63, 3.8) is 0 Å². The molecule has 0 aliphatic rings. The number of fused-ring (bicyclic) bond motifs is 1. The standard InChI is InChI=1S/C19H21ClN2O3S2/c1-4-19(2,3)21-27(24,25)14-9-10-16-17(11-14)26-18(23)22(16)12-13-7-5-6-8-15(13)20/h5-11,21H,4,12H2,1-3H3. The van der Waals surface area contributed by atoms with Gasteiger partial charge in [0.15, 0.2) is 0 Å². The molecule has 1 aromatic heterocycles. The fourth-order valence-corrected chi connectivity index (χ4v) is 5.37. The van der Waals surface area contributed by atoms with Crippen LogP contribution in [0.4, 0.5) is 0 Å². The van der Waals surface area contributed by atoms with Gasteiger partial charge in [0.25, 0.3) is 0 Å². The summed E-state index contributed by atoms with van der Waals surface area (Å²) in [6, 6.07) is 12.1. The van der Waals surface area contributed by atoms with Crippen LogP contribution in [0.15, 0.2) is 52.2 Å². The summed E-state index contributed by atoms with van der Waals surface area (Å²) in [6.07, 6.45) is 0.663. The molecular formula is C19H21ClN2O3S2. The molecule has 1 N–H and O–H groups in total. The summed E-state index contributed by atoms with van der Waals surface area (Å²) in [5, 5.41) is 0.592. The van der Waals surface area contributed by atoms with Crippen molar-refractivity contribution in [3.8, 4) is 0 Å². The largest absolute Gasteiger partial charge is 0.308 e. The van der Waals surface area contributed by atoms with E-state index >= 15 is 0 Å². The summed E-state index contributed by atoms with van der Waals surface area (Å²) in [6.45, 7) is 5.93. The predicted molar refractivity (Wildman–Crippen MR) is 111 cm³/mol. The van der Waals surface area contributed by atoms with Gasteiger partial charge in [0, 0.05) is 10.6 Å². The molecule has 5 nitrogen and oxygen atoms in total. The first-order chi connectivity index (χ1) is 12.6. The Balaban J connectivity index is 2.01. The zero-order valence-electron chi connectivity index (χ0n) is 15.3. The van der Waals surface area contributed by atoms with Crippen molar-refractivity contribution in [1.82, 2.24) is 9.29 Å². The Labute approximate surface area is 167 Å². The van der Waals surface area contributed by atoms with Gasteiger partial charge in [0.05, 0.1) is 21.7 Å². The van der Waals surface area contributed by atoms with Gasteiger partial charge < -0.3 is 0 Å². The number of aromatic nitrogens is 1. The minimum absolute atomic E-state index is 0.152. The van der Waals surface area contributed by atoms with Crippen molar-refractivity contribution in [2.24, 2.45) is 0 Å². The van der Waals surface area contributed by atoms with Crippen LogP contribution >= 0.6 is 22.9 Å². The normalized spacial score (nSPS) is 12.6. The van der Waals surface area contributed by atoms with Gasteiger partial charge in [-0.25, -0.2) is 13.1 Å². The molecule has 1 heterocycles. The minimum atomic E-state index is -3.67. The fourth-order valence-electron chi connectivity index (χ4n) is 2.66. The lowest BCUT2D eigenvalue weighted by Crippen LogP contribution is -2.42. The minimum Gasteiger partial charge on any atom is -0.294 e. The van der Waals surface area contributed by atoms with Gasteiger partial charge in [-0.1, -0.05) is 48.1 Å². The molecule has 3 aromatic rings. The van der Waals surface area contributed by atoms with Crippen molar-refractivity contribution < 1.29 is 8.42 Å². The van der Waals surface area contributed by atoms with Crippen molar-refractivity contribution in [2.45, 2.75) is 44.2 Å².